The molecule has 202 valence electrons. The first-order valence-electron chi connectivity index (χ1n) is 10.3. The fraction of sp³-hybridized carbons (Fsp3) is 0.333. The molecule has 9 nitrogen and oxygen atoms in total. The first-order chi connectivity index (χ1) is 17.2. The third-order valence-corrected chi connectivity index (χ3v) is 5.17. The van der Waals surface area contributed by atoms with Crippen molar-refractivity contribution in [3.05, 3.63) is 59.6 Å². The van der Waals surface area contributed by atoms with E-state index in [2.05, 4.69) is 25.8 Å². The SMILES string of the molecule is Clc1ccccc1CN1CCN(c2nccn3ccnc23)CC1.O=C(O)C(F)(F)F.O=C(O)C(F)(F)F. The van der Waals surface area contributed by atoms with Gasteiger partial charge in [0.15, 0.2) is 11.5 Å². The highest BCUT2D eigenvalue weighted by Gasteiger charge is 2.38. The molecular weight excluding hydrogens is 536 g/mol. The van der Waals surface area contributed by atoms with Crippen LogP contribution < -0.4 is 4.90 Å². The topological polar surface area (TPSA) is 111 Å². The van der Waals surface area contributed by atoms with Crippen LogP contribution in [0.2, 0.25) is 5.02 Å². The Labute approximate surface area is 210 Å². The lowest BCUT2D eigenvalue weighted by molar-refractivity contribution is -0.193. The minimum atomic E-state index is -5.08. The third kappa shape index (κ3) is 9.09. The second-order valence-corrected chi connectivity index (χ2v) is 7.78. The summed E-state index contributed by atoms with van der Waals surface area (Å²) in [6.07, 6.45) is -2.64. The molecule has 37 heavy (non-hydrogen) atoms. The number of halogens is 7. The molecule has 0 radical (unpaired) electrons. The monoisotopic (exact) mass is 555 g/mol. The van der Waals surface area contributed by atoms with Gasteiger partial charge in [-0.2, -0.15) is 26.3 Å². The zero-order valence-corrected chi connectivity index (χ0v) is 19.5. The summed E-state index contributed by atoms with van der Waals surface area (Å²) in [5.74, 6) is -4.55. The highest BCUT2D eigenvalue weighted by atomic mass is 35.5. The molecular formula is C21H20ClF6N5O4. The Balaban J connectivity index is 0.000000286. The molecule has 0 bridgehead atoms. The number of carboxylic acids is 2. The van der Waals surface area contributed by atoms with E-state index < -0.39 is 24.3 Å². The number of carbonyl (C=O) groups is 2. The second kappa shape index (κ2) is 12.6. The van der Waals surface area contributed by atoms with Crippen molar-refractivity contribution < 1.29 is 46.1 Å². The number of hydrogen-bond acceptors (Lipinski definition) is 6. The molecule has 16 heteroatoms. The number of alkyl halides is 6. The Morgan fingerprint density at radius 2 is 1.35 bits per heavy atom. The van der Waals surface area contributed by atoms with Gasteiger partial charge in [-0.3, -0.25) is 4.90 Å². The average molecular weight is 556 g/mol. The Morgan fingerprint density at radius 1 is 0.865 bits per heavy atom. The second-order valence-electron chi connectivity index (χ2n) is 7.37. The van der Waals surface area contributed by atoms with Gasteiger partial charge in [0.25, 0.3) is 0 Å². The van der Waals surface area contributed by atoms with Crippen molar-refractivity contribution >= 4 is 35.0 Å². The summed E-state index contributed by atoms with van der Waals surface area (Å²) in [6.45, 7) is 4.78. The van der Waals surface area contributed by atoms with Gasteiger partial charge in [0.05, 0.1) is 0 Å². The maximum atomic E-state index is 10.6. The van der Waals surface area contributed by atoms with Crippen LogP contribution in [0.4, 0.5) is 32.2 Å². The fourth-order valence-corrected chi connectivity index (χ4v) is 3.24. The van der Waals surface area contributed by atoms with Crippen LogP contribution >= 0.6 is 11.6 Å². The molecule has 1 fully saturated rings. The van der Waals surface area contributed by atoms with Gasteiger partial charge in [0.2, 0.25) is 0 Å². The number of fused-ring (bicyclic) bond motifs is 1. The number of rotatable bonds is 3. The van der Waals surface area contributed by atoms with Crippen LogP contribution in [0.1, 0.15) is 5.56 Å². The molecule has 3 heterocycles. The molecule has 0 atom stereocenters. The van der Waals surface area contributed by atoms with Crippen molar-refractivity contribution in [2.45, 2.75) is 18.9 Å². The van der Waals surface area contributed by atoms with E-state index in [-0.39, 0.29) is 0 Å². The largest absolute Gasteiger partial charge is 0.490 e. The van der Waals surface area contributed by atoms with Gasteiger partial charge >= 0.3 is 24.3 Å². The standard InChI is InChI=1S/C17H18ClN5.2C2HF3O2/c18-15-4-2-1-3-14(15)13-21-9-11-23(12-10-21)17-16-19-5-7-22(16)8-6-20-17;2*3-2(4,5)1(6)7/h1-8H,9-13H2;2*(H,6,7). The summed E-state index contributed by atoms with van der Waals surface area (Å²) in [5.41, 5.74) is 2.11. The van der Waals surface area contributed by atoms with Gasteiger partial charge in [0, 0.05) is 62.5 Å². The number of anilines is 1. The lowest BCUT2D eigenvalue weighted by Crippen LogP contribution is -2.46. The molecule has 1 aliphatic rings. The van der Waals surface area contributed by atoms with Gasteiger partial charge in [0.1, 0.15) is 0 Å². The zero-order chi connectivity index (χ0) is 27.8. The number of hydrogen-bond donors (Lipinski definition) is 2. The van der Waals surface area contributed by atoms with E-state index in [1.165, 1.54) is 5.56 Å². The molecule has 4 rings (SSSR count). The first kappa shape index (κ1) is 29.6. The summed E-state index contributed by atoms with van der Waals surface area (Å²) in [7, 11) is 0. The van der Waals surface area contributed by atoms with E-state index in [9.17, 15) is 26.3 Å². The van der Waals surface area contributed by atoms with Gasteiger partial charge in [-0.1, -0.05) is 29.8 Å². The molecule has 0 unspecified atom stereocenters. The van der Waals surface area contributed by atoms with Crippen LogP contribution in [0.25, 0.3) is 5.65 Å². The Morgan fingerprint density at radius 3 is 1.84 bits per heavy atom. The van der Waals surface area contributed by atoms with E-state index in [0.29, 0.717) is 0 Å². The van der Waals surface area contributed by atoms with E-state index in [0.717, 1.165) is 49.2 Å². The van der Waals surface area contributed by atoms with E-state index >= 15 is 0 Å². The number of benzene rings is 1. The van der Waals surface area contributed by atoms with E-state index in [1.54, 1.807) is 0 Å². The first-order valence-corrected chi connectivity index (χ1v) is 10.7. The molecule has 0 spiro atoms. The van der Waals surface area contributed by atoms with Crippen LogP contribution in [0.15, 0.2) is 49.1 Å². The Bertz CT molecular complexity index is 1170. The van der Waals surface area contributed by atoms with Crippen molar-refractivity contribution in [3.8, 4) is 0 Å². The van der Waals surface area contributed by atoms with Crippen molar-refractivity contribution in [1.82, 2.24) is 19.3 Å². The quantitative estimate of drug-likeness (QED) is 0.467. The molecule has 2 aromatic heterocycles. The van der Waals surface area contributed by atoms with E-state index in [4.69, 9.17) is 31.4 Å². The maximum Gasteiger partial charge on any atom is 0.490 e. The number of piperazine rings is 1. The molecule has 1 aromatic carbocycles. The Hall–Kier alpha value is -3.59. The maximum absolute atomic E-state index is 10.6. The number of nitrogens with zero attached hydrogens (tertiary/aromatic N) is 5. The zero-order valence-electron chi connectivity index (χ0n) is 18.7. The number of aliphatic carboxylic acids is 2. The molecule has 0 aliphatic carbocycles. The van der Waals surface area contributed by atoms with Crippen LogP contribution in [0.5, 0.6) is 0 Å². The summed E-state index contributed by atoms with van der Waals surface area (Å²) in [5, 5.41) is 15.1. The predicted octanol–water partition coefficient (Wildman–Crippen LogP) is 3.97. The average Bonchev–Trinajstić information content (AvgIpc) is 3.30. The predicted molar refractivity (Wildman–Crippen MR) is 119 cm³/mol. The van der Waals surface area contributed by atoms with Gasteiger partial charge in [-0.25, -0.2) is 19.6 Å². The van der Waals surface area contributed by atoms with E-state index in [1.807, 2.05) is 47.4 Å². The van der Waals surface area contributed by atoms with Crippen molar-refractivity contribution in [3.63, 3.8) is 0 Å². The Kier molecular flexibility index (Phi) is 10.1. The molecule has 3 aromatic rings. The smallest absolute Gasteiger partial charge is 0.475 e. The van der Waals surface area contributed by atoms with Crippen LogP contribution in [-0.2, 0) is 16.1 Å². The lowest BCUT2D eigenvalue weighted by Gasteiger charge is -2.35. The summed E-state index contributed by atoms with van der Waals surface area (Å²) in [4.78, 5) is 31.5. The van der Waals surface area contributed by atoms with Gasteiger partial charge in [-0.05, 0) is 11.6 Å². The van der Waals surface area contributed by atoms with Crippen LogP contribution in [0.3, 0.4) is 0 Å². The molecule has 0 saturated carbocycles. The van der Waals surface area contributed by atoms with Gasteiger partial charge in [-0.15, -0.1) is 0 Å². The summed E-state index contributed by atoms with van der Waals surface area (Å²) < 4.78 is 65.5. The normalized spacial score (nSPS) is 14.3. The lowest BCUT2D eigenvalue weighted by atomic mass is 10.2. The number of imidazole rings is 1. The summed E-state index contributed by atoms with van der Waals surface area (Å²) >= 11 is 6.26. The van der Waals surface area contributed by atoms with Crippen molar-refractivity contribution in [2.24, 2.45) is 0 Å². The highest BCUT2D eigenvalue weighted by Crippen LogP contribution is 2.21. The third-order valence-electron chi connectivity index (χ3n) is 4.80. The minimum Gasteiger partial charge on any atom is -0.475 e. The number of aromatic nitrogens is 3. The van der Waals surface area contributed by atoms with Gasteiger partial charge < -0.3 is 19.5 Å². The van der Waals surface area contributed by atoms with Crippen molar-refractivity contribution in [1.29, 1.82) is 0 Å². The minimum absolute atomic E-state index is 0.846. The highest BCUT2D eigenvalue weighted by molar-refractivity contribution is 6.31. The number of carboxylic acid groups (broad SMARTS) is 2. The molecule has 1 saturated heterocycles. The fourth-order valence-electron chi connectivity index (χ4n) is 3.05. The summed E-state index contributed by atoms with van der Waals surface area (Å²) in [6, 6.07) is 8.07. The molecule has 0 amide bonds. The molecule has 2 N–H and O–H groups in total. The van der Waals surface area contributed by atoms with Crippen molar-refractivity contribution in [2.75, 3.05) is 31.1 Å². The van der Waals surface area contributed by atoms with Crippen LogP contribution in [-0.4, -0.2) is 80.0 Å². The van der Waals surface area contributed by atoms with Crippen LogP contribution in [0, 0.1) is 0 Å². The molecule has 1 aliphatic heterocycles.